The first-order valence-corrected chi connectivity index (χ1v) is 11.9. The van der Waals surface area contributed by atoms with Gasteiger partial charge in [0.05, 0.1) is 39.8 Å². The Morgan fingerprint density at radius 3 is 2.69 bits per heavy atom. The predicted octanol–water partition coefficient (Wildman–Crippen LogP) is 4.58. The number of hydrogen-bond acceptors (Lipinski definition) is 6. The molecule has 0 aliphatic carbocycles. The van der Waals surface area contributed by atoms with Crippen molar-refractivity contribution < 1.29 is 18.9 Å². The predicted molar refractivity (Wildman–Crippen MR) is 126 cm³/mol. The number of hydrogen-bond donors (Lipinski definition) is 0. The molecule has 0 bridgehead atoms. The molecule has 1 aromatic heterocycles. The number of thioether (sulfide) groups is 1. The molecule has 0 spiro atoms. The van der Waals surface area contributed by atoms with E-state index in [0.717, 1.165) is 35.8 Å². The number of rotatable bonds is 11. The van der Waals surface area contributed by atoms with Gasteiger partial charge in [-0.2, -0.15) is 11.8 Å². The van der Waals surface area contributed by atoms with Gasteiger partial charge in [0, 0.05) is 30.3 Å². The van der Waals surface area contributed by atoms with Gasteiger partial charge in [0.1, 0.15) is 11.5 Å². The Labute approximate surface area is 193 Å². The highest BCUT2D eigenvalue weighted by Gasteiger charge is 2.41. The zero-order chi connectivity index (χ0) is 22.2. The smallest absolute Gasteiger partial charge is 0.187 e. The van der Waals surface area contributed by atoms with Crippen LogP contribution in [-0.2, 0) is 28.2 Å². The SMILES string of the molecule is COc1ccc(CCC2(Cn3ccnc3)OCC(CSCc3cccc(OC)c3)O2)cc1. The number of benzene rings is 2. The Bertz CT molecular complexity index is 964. The summed E-state index contributed by atoms with van der Waals surface area (Å²) in [4.78, 5) is 4.17. The minimum absolute atomic E-state index is 0.0602. The third-order valence-electron chi connectivity index (χ3n) is 5.56. The highest BCUT2D eigenvalue weighted by molar-refractivity contribution is 7.98. The second-order valence-electron chi connectivity index (χ2n) is 7.91. The minimum atomic E-state index is -0.651. The fourth-order valence-electron chi connectivity index (χ4n) is 3.85. The monoisotopic (exact) mass is 454 g/mol. The van der Waals surface area contributed by atoms with Crippen molar-refractivity contribution in [3.63, 3.8) is 0 Å². The summed E-state index contributed by atoms with van der Waals surface area (Å²) < 4.78 is 25.4. The second kappa shape index (κ2) is 10.9. The normalized spacial score (nSPS) is 20.4. The lowest BCUT2D eigenvalue weighted by Gasteiger charge is -2.28. The number of imidazole rings is 1. The summed E-state index contributed by atoms with van der Waals surface area (Å²) >= 11 is 1.86. The summed E-state index contributed by atoms with van der Waals surface area (Å²) in [5.41, 5.74) is 2.48. The van der Waals surface area contributed by atoms with Crippen molar-refractivity contribution >= 4 is 11.8 Å². The van der Waals surface area contributed by atoms with Crippen molar-refractivity contribution in [3.05, 3.63) is 78.4 Å². The van der Waals surface area contributed by atoms with Crippen LogP contribution in [0.25, 0.3) is 0 Å². The molecule has 0 amide bonds. The van der Waals surface area contributed by atoms with Gasteiger partial charge in [-0.05, 0) is 41.8 Å². The lowest BCUT2D eigenvalue weighted by Crippen LogP contribution is -2.37. The molecule has 4 rings (SSSR count). The van der Waals surface area contributed by atoms with Crippen molar-refractivity contribution in [1.82, 2.24) is 9.55 Å². The molecule has 6 nitrogen and oxygen atoms in total. The van der Waals surface area contributed by atoms with Crippen LogP contribution < -0.4 is 9.47 Å². The van der Waals surface area contributed by atoms with E-state index in [1.54, 1.807) is 20.4 Å². The molecule has 2 aromatic carbocycles. The standard InChI is InChI=1S/C25H30N2O4S/c1-28-22-8-6-20(7-9-22)10-11-25(18-27-13-12-26-19-27)30-15-24(31-25)17-32-16-21-4-3-5-23(14-21)29-2/h3-9,12-14,19,24H,10-11,15-18H2,1-2H3. The van der Waals surface area contributed by atoms with Crippen LogP contribution in [-0.4, -0.2) is 48.0 Å². The van der Waals surface area contributed by atoms with Gasteiger partial charge in [-0.25, -0.2) is 4.98 Å². The van der Waals surface area contributed by atoms with Crippen LogP contribution in [0.3, 0.4) is 0 Å². The molecular formula is C25H30N2O4S. The first-order valence-electron chi connectivity index (χ1n) is 10.8. The maximum Gasteiger partial charge on any atom is 0.187 e. The van der Waals surface area contributed by atoms with E-state index in [4.69, 9.17) is 18.9 Å². The zero-order valence-corrected chi connectivity index (χ0v) is 19.4. The Kier molecular flexibility index (Phi) is 7.73. The van der Waals surface area contributed by atoms with E-state index in [1.165, 1.54) is 11.1 Å². The molecule has 1 aliphatic rings. The summed E-state index contributed by atoms with van der Waals surface area (Å²) in [6.07, 6.45) is 7.24. The maximum absolute atomic E-state index is 6.53. The lowest BCUT2D eigenvalue weighted by molar-refractivity contribution is -0.180. The van der Waals surface area contributed by atoms with E-state index in [-0.39, 0.29) is 6.10 Å². The molecule has 7 heteroatoms. The van der Waals surface area contributed by atoms with Crippen molar-refractivity contribution in [2.24, 2.45) is 0 Å². The Balaban J connectivity index is 1.35. The van der Waals surface area contributed by atoms with E-state index in [9.17, 15) is 0 Å². The molecule has 1 saturated heterocycles. The molecule has 0 N–H and O–H groups in total. The van der Waals surface area contributed by atoms with Crippen molar-refractivity contribution in [1.29, 1.82) is 0 Å². The second-order valence-corrected chi connectivity index (χ2v) is 8.94. The van der Waals surface area contributed by atoms with E-state index < -0.39 is 5.79 Å². The molecule has 3 aromatic rings. The largest absolute Gasteiger partial charge is 0.497 e. The Morgan fingerprint density at radius 2 is 1.94 bits per heavy atom. The number of nitrogens with zero attached hydrogens (tertiary/aromatic N) is 2. The van der Waals surface area contributed by atoms with Crippen LogP contribution >= 0.6 is 11.8 Å². The van der Waals surface area contributed by atoms with Crippen LogP contribution in [0.1, 0.15) is 17.5 Å². The van der Waals surface area contributed by atoms with Gasteiger partial charge in [0.2, 0.25) is 0 Å². The first kappa shape index (κ1) is 22.7. The third kappa shape index (κ3) is 6.06. The van der Waals surface area contributed by atoms with E-state index in [1.807, 2.05) is 53.1 Å². The molecule has 32 heavy (non-hydrogen) atoms. The van der Waals surface area contributed by atoms with Gasteiger partial charge in [0.15, 0.2) is 5.79 Å². The Morgan fingerprint density at radius 1 is 1.09 bits per heavy atom. The number of methoxy groups -OCH3 is 2. The maximum atomic E-state index is 6.53. The van der Waals surface area contributed by atoms with E-state index in [2.05, 4.69) is 29.2 Å². The summed E-state index contributed by atoms with van der Waals surface area (Å²) in [6, 6.07) is 16.4. The number of aromatic nitrogens is 2. The highest BCUT2D eigenvalue weighted by atomic mass is 32.2. The summed E-state index contributed by atoms with van der Waals surface area (Å²) in [7, 11) is 3.38. The van der Waals surface area contributed by atoms with E-state index in [0.29, 0.717) is 13.2 Å². The molecular weight excluding hydrogens is 424 g/mol. The van der Waals surface area contributed by atoms with Crippen LogP contribution in [0, 0.1) is 0 Å². The van der Waals surface area contributed by atoms with Gasteiger partial charge in [-0.15, -0.1) is 0 Å². The van der Waals surface area contributed by atoms with Gasteiger partial charge >= 0.3 is 0 Å². The minimum Gasteiger partial charge on any atom is -0.497 e. The molecule has 1 aliphatic heterocycles. The fraction of sp³-hybridized carbons (Fsp3) is 0.400. The molecule has 0 saturated carbocycles. The molecule has 2 atom stereocenters. The molecule has 0 radical (unpaired) electrons. The molecule has 1 fully saturated rings. The number of aryl methyl sites for hydroxylation is 1. The summed E-state index contributed by atoms with van der Waals surface area (Å²) in [5.74, 6) is 2.90. The van der Waals surface area contributed by atoms with Crippen LogP contribution in [0.15, 0.2) is 67.3 Å². The van der Waals surface area contributed by atoms with Crippen molar-refractivity contribution in [3.8, 4) is 11.5 Å². The summed E-state index contributed by atoms with van der Waals surface area (Å²) in [5, 5.41) is 0. The van der Waals surface area contributed by atoms with Gasteiger partial charge in [-0.1, -0.05) is 24.3 Å². The molecule has 2 unspecified atom stereocenters. The summed E-state index contributed by atoms with van der Waals surface area (Å²) in [6.45, 7) is 1.22. The van der Waals surface area contributed by atoms with Gasteiger partial charge in [0.25, 0.3) is 0 Å². The first-order chi connectivity index (χ1) is 15.7. The number of ether oxygens (including phenoxy) is 4. The third-order valence-corrected chi connectivity index (χ3v) is 6.70. The van der Waals surface area contributed by atoms with Crippen LogP contribution in [0.2, 0.25) is 0 Å². The topological polar surface area (TPSA) is 54.7 Å². The molecule has 2 heterocycles. The average Bonchev–Trinajstić information content (AvgIpc) is 3.49. The average molecular weight is 455 g/mol. The van der Waals surface area contributed by atoms with Crippen LogP contribution in [0.5, 0.6) is 11.5 Å². The van der Waals surface area contributed by atoms with E-state index >= 15 is 0 Å². The molecule has 170 valence electrons. The van der Waals surface area contributed by atoms with Crippen LogP contribution in [0.4, 0.5) is 0 Å². The van der Waals surface area contributed by atoms with Gasteiger partial charge < -0.3 is 23.5 Å². The highest BCUT2D eigenvalue weighted by Crippen LogP contribution is 2.33. The lowest BCUT2D eigenvalue weighted by atomic mass is 10.0. The fourth-order valence-corrected chi connectivity index (χ4v) is 4.81. The van der Waals surface area contributed by atoms with Crippen molar-refractivity contribution in [2.75, 3.05) is 26.6 Å². The van der Waals surface area contributed by atoms with Crippen molar-refractivity contribution in [2.45, 2.75) is 37.0 Å². The zero-order valence-electron chi connectivity index (χ0n) is 18.6. The quantitative estimate of drug-likeness (QED) is 0.423. The Hall–Kier alpha value is -2.48. The van der Waals surface area contributed by atoms with Gasteiger partial charge in [-0.3, -0.25) is 0 Å².